The maximum atomic E-state index is 9.52. The Hall–Kier alpha value is -2.84. The molecule has 0 atom stereocenters. The lowest BCUT2D eigenvalue weighted by atomic mass is 10.2. The van der Waals surface area contributed by atoms with E-state index in [0.717, 1.165) is 11.2 Å². The Morgan fingerprint density at radius 2 is 2.00 bits per heavy atom. The number of ether oxygens (including phenoxy) is 1. The largest absolute Gasteiger partial charge is 0.437 e. The van der Waals surface area contributed by atoms with Crippen LogP contribution in [-0.4, -0.2) is 14.5 Å². The van der Waals surface area contributed by atoms with Gasteiger partial charge in [-0.1, -0.05) is 18.2 Å². The van der Waals surface area contributed by atoms with Gasteiger partial charge >= 0.3 is 0 Å². The zero-order valence-electron chi connectivity index (χ0n) is 11.2. The van der Waals surface area contributed by atoms with Gasteiger partial charge in [-0.3, -0.25) is 4.40 Å². The summed E-state index contributed by atoms with van der Waals surface area (Å²) < 4.78 is 7.53. The van der Waals surface area contributed by atoms with E-state index < -0.39 is 0 Å². The first-order chi connectivity index (χ1) is 10.3. The van der Waals surface area contributed by atoms with E-state index in [0.29, 0.717) is 23.7 Å². The van der Waals surface area contributed by atoms with Gasteiger partial charge in [-0.2, -0.15) is 10.2 Å². The summed E-state index contributed by atoms with van der Waals surface area (Å²) in [5.41, 5.74) is 2.26. The lowest BCUT2D eigenvalue weighted by molar-refractivity contribution is 0.269. The highest BCUT2D eigenvalue weighted by Gasteiger charge is 2.13. The number of hydrogen-bond donors (Lipinski definition) is 1. The molecule has 0 spiro atoms. The van der Waals surface area contributed by atoms with Crippen molar-refractivity contribution in [3.63, 3.8) is 0 Å². The molecule has 0 radical (unpaired) electrons. The van der Waals surface area contributed by atoms with Crippen molar-refractivity contribution in [2.45, 2.75) is 13.0 Å². The molecule has 21 heavy (non-hydrogen) atoms. The quantitative estimate of drug-likeness (QED) is 0.797. The van der Waals surface area contributed by atoms with Crippen molar-refractivity contribution in [3.8, 4) is 17.7 Å². The van der Waals surface area contributed by atoms with E-state index in [2.05, 4.69) is 11.1 Å². The second kappa shape index (κ2) is 5.65. The maximum Gasteiger partial charge on any atom is 0.243 e. The highest BCUT2D eigenvalue weighted by molar-refractivity contribution is 5.46. The summed E-state index contributed by atoms with van der Waals surface area (Å²) >= 11 is 0. The minimum atomic E-state index is -0.160. The van der Waals surface area contributed by atoms with Crippen molar-refractivity contribution in [1.29, 1.82) is 5.26 Å². The summed E-state index contributed by atoms with van der Waals surface area (Å²) in [6.07, 6.45) is 2.20. The van der Waals surface area contributed by atoms with E-state index in [1.165, 1.54) is 0 Å². The molecule has 1 aromatic carbocycles. The maximum absolute atomic E-state index is 9.52. The Labute approximate surface area is 121 Å². The van der Waals surface area contributed by atoms with Crippen molar-refractivity contribution in [2.24, 2.45) is 0 Å². The third-order valence-electron chi connectivity index (χ3n) is 3.16. The molecule has 1 N–H and O–H groups in total. The Morgan fingerprint density at radius 1 is 1.19 bits per heavy atom. The van der Waals surface area contributed by atoms with Crippen LogP contribution < -0.4 is 4.74 Å². The van der Waals surface area contributed by atoms with Crippen molar-refractivity contribution >= 4 is 5.65 Å². The molecule has 104 valence electrons. The number of nitrogens with zero attached hydrogens (tertiary/aromatic N) is 3. The normalized spacial score (nSPS) is 10.5. The molecule has 0 saturated carbocycles. The fraction of sp³-hybridized carbons (Fsp3) is 0.125. The molecule has 0 unspecified atom stereocenters. The standard InChI is InChI=1S/C16H13N3O2/c17-9-8-12-4-6-13(7-5-12)21-16-14(11-20)19-10-2-1-3-15(19)18-16/h1-7,10,20H,8,11H2. The molecule has 2 aromatic heterocycles. The van der Waals surface area contributed by atoms with Gasteiger partial charge in [0.05, 0.1) is 19.1 Å². The molecule has 0 bridgehead atoms. The monoisotopic (exact) mass is 279 g/mol. The van der Waals surface area contributed by atoms with E-state index in [4.69, 9.17) is 10.00 Å². The zero-order valence-corrected chi connectivity index (χ0v) is 11.2. The summed E-state index contributed by atoms with van der Waals surface area (Å²) in [4.78, 5) is 4.37. The number of fused-ring (bicyclic) bond motifs is 1. The lowest BCUT2D eigenvalue weighted by Gasteiger charge is -2.05. The zero-order chi connectivity index (χ0) is 14.7. The van der Waals surface area contributed by atoms with Crippen molar-refractivity contribution in [1.82, 2.24) is 9.38 Å². The van der Waals surface area contributed by atoms with Crippen LogP contribution >= 0.6 is 0 Å². The van der Waals surface area contributed by atoms with E-state index in [9.17, 15) is 5.11 Å². The van der Waals surface area contributed by atoms with Gasteiger partial charge in [0.15, 0.2) is 0 Å². The van der Waals surface area contributed by atoms with Gasteiger partial charge in [0.1, 0.15) is 17.1 Å². The van der Waals surface area contributed by atoms with Gasteiger partial charge < -0.3 is 9.84 Å². The van der Waals surface area contributed by atoms with E-state index in [-0.39, 0.29) is 6.61 Å². The Bertz CT molecular complexity index is 800. The molecule has 0 amide bonds. The molecule has 3 aromatic rings. The second-order valence-corrected chi connectivity index (χ2v) is 4.53. The molecule has 5 nitrogen and oxygen atoms in total. The number of nitriles is 1. The first-order valence-corrected chi connectivity index (χ1v) is 6.52. The van der Waals surface area contributed by atoms with Crippen molar-refractivity contribution in [2.75, 3.05) is 0 Å². The predicted molar refractivity (Wildman–Crippen MR) is 76.9 cm³/mol. The lowest BCUT2D eigenvalue weighted by Crippen LogP contribution is -1.94. The fourth-order valence-electron chi connectivity index (χ4n) is 2.13. The Morgan fingerprint density at radius 3 is 2.71 bits per heavy atom. The van der Waals surface area contributed by atoms with Crippen LogP contribution in [0.3, 0.4) is 0 Å². The molecule has 0 aliphatic heterocycles. The molecular formula is C16H13N3O2. The molecule has 2 heterocycles. The van der Waals surface area contributed by atoms with Crippen LogP contribution in [0.15, 0.2) is 48.7 Å². The first kappa shape index (κ1) is 13.2. The van der Waals surface area contributed by atoms with Crippen LogP contribution in [0.5, 0.6) is 11.6 Å². The van der Waals surface area contributed by atoms with Gasteiger partial charge in [-0.15, -0.1) is 0 Å². The Kier molecular flexibility index (Phi) is 3.54. The minimum Gasteiger partial charge on any atom is -0.437 e. The van der Waals surface area contributed by atoms with Gasteiger partial charge in [0.2, 0.25) is 5.88 Å². The topological polar surface area (TPSA) is 70.5 Å². The Balaban J connectivity index is 1.92. The number of aliphatic hydroxyl groups excluding tert-OH is 1. The molecule has 0 aliphatic rings. The van der Waals surface area contributed by atoms with Crippen LogP contribution in [0.2, 0.25) is 0 Å². The molecule has 0 saturated heterocycles. The number of imidazole rings is 1. The molecule has 5 heteroatoms. The summed E-state index contributed by atoms with van der Waals surface area (Å²) in [6, 6.07) is 15.0. The van der Waals surface area contributed by atoms with E-state index in [1.807, 2.05) is 36.5 Å². The second-order valence-electron chi connectivity index (χ2n) is 4.53. The van der Waals surface area contributed by atoms with Gasteiger partial charge in [0.25, 0.3) is 0 Å². The third-order valence-corrected chi connectivity index (χ3v) is 3.16. The highest BCUT2D eigenvalue weighted by atomic mass is 16.5. The van der Waals surface area contributed by atoms with E-state index in [1.54, 1.807) is 16.5 Å². The van der Waals surface area contributed by atoms with Crippen LogP contribution in [0.1, 0.15) is 11.3 Å². The van der Waals surface area contributed by atoms with Gasteiger partial charge in [0, 0.05) is 6.20 Å². The molecule has 3 rings (SSSR count). The number of aliphatic hydroxyl groups is 1. The first-order valence-electron chi connectivity index (χ1n) is 6.52. The SMILES string of the molecule is N#CCc1ccc(Oc2nc3ccccn3c2CO)cc1. The number of hydrogen-bond acceptors (Lipinski definition) is 4. The highest BCUT2D eigenvalue weighted by Crippen LogP contribution is 2.26. The summed E-state index contributed by atoms with van der Waals surface area (Å²) in [5.74, 6) is 1.01. The predicted octanol–water partition coefficient (Wildman–Crippen LogP) is 2.68. The van der Waals surface area contributed by atoms with Crippen LogP contribution in [-0.2, 0) is 13.0 Å². The van der Waals surface area contributed by atoms with Crippen molar-refractivity contribution < 1.29 is 9.84 Å². The number of rotatable bonds is 4. The number of pyridine rings is 1. The fourth-order valence-corrected chi connectivity index (χ4v) is 2.13. The average Bonchev–Trinajstić information content (AvgIpc) is 2.86. The van der Waals surface area contributed by atoms with Crippen LogP contribution in [0.25, 0.3) is 5.65 Å². The molecule has 0 aliphatic carbocycles. The number of benzene rings is 1. The van der Waals surface area contributed by atoms with Crippen molar-refractivity contribution in [3.05, 3.63) is 59.9 Å². The van der Waals surface area contributed by atoms with Gasteiger partial charge in [-0.25, -0.2) is 0 Å². The molecule has 0 fully saturated rings. The third kappa shape index (κ3) is 2.57. The van der Waals surface area contributed by atoms with Crippen LogP contribution in [0, 0.1) is 11.3 Å². The van der Waals surface area contributed by atoms with Gasteiger partial charge in [-0.05, 0) is 29.8 Å². The summed E-state index contributed by atoms with van der Waals surface area (Å²) in [6.45, 7) is -0.160. The van der Waals surface area contributed by atoms with Crippen LogP contribution in [0.4, 0.5) is 0 Å². The molecular weight excluding hydrogens is 266 g/mol. The smallest absolute Gasteiger partial charge is 0.243 e. The van der Waals surface area contributed by atoms with E-state index >= 15 is 0 Å². The summed E-state index contributed by atoms with van der Waals surface area (Å²) in [5, 5.41) is 18.2. The number of aromatic nitrogens is 2. The minimum absolute atomic E-state index is 0.160. The summed E-state index contributed by atoms with van der Waals surface area (Å²) in [7, 11) is 0. The average molecular weight is 279 g/mol.